The highest BCUT2D eigenvalue weighted by atomic mass is 16.5. The zero-order valence-corrected chi connectivity index (χ0v) is 14.9. The van der Waals surface area contributed by atoms with Crippen LogP contribution in [0.3, 0.4) is 0 Å². The van der Waals surface area contributed by atoms with Crippen molar-refractivity contribution >= 4 is 6.08 Å². The molecule has 0 saturated heterocycles. The van der Waals surface area contributed by atoms with E-state index >= 15 is 0 Å². The van der Waals surface area contributed by atoms with Gasteiger partial charge in [-0.15, -0.1) is 0 Å². The van der Waals surface area contributed by atoms with Gasteiger partial charge in [0.15, 0.2) is 0 Å². The maximum absolute atomic E-state index is 10.2. The van der Waals surface area contributed by atoms with Crippen LogP contribution in [0.25, 0.3) is 6.08 Å². The molecule has 0 spiro atoms. The van der Waals surface area contributed by atoms with Crippen molar-refractivity contribution in [2.24, 2.45) is 0 Å². The summed E-state index contributed by atoms with van der Waals surface area (Å²) in [5, 5.41) is 22.4. The van der Waals surface area contributed by atoms with Crippen molar-refractivity contribution in [1.82, 2.24) is 5.32 Å². The lowest BCUT2D eigenvalue weighted by atomic mass is 10.1. The van der Waals surface area contributed by atoms with Crippen molar-refractivity contribution in [1.29, 1.82) is 5.26 Å². The van der Waals surface area contributed by atoms with Crippen molar-refractivity contribution in [3.63, 3.8) is 0 Å². The molecule has 0 aliphatic heterocycles. The second-order valence-electron chi connectivity index (χ2n) is 5.55. The molecule has 134 valence electrons. The van der Waals surface area contributed by atoms with Crippen LogP contribution in [-0.4, -0.2) is 25.9 Å². The summed E-state index contributed by atoms with van der Waals surface area (Å²) in [6, 6.07) is 17.3. The highest BCUT2D eigenvalue weighted by molar-refractivity contribution is 5.58. The van der Waals surface area contributed by atoms with E-state index in [2.05, 4.69) is 5.32 Å². The number of ether oxygens (including phenoxy) is 2. The van der Waals surface area contributed by atoms with Crippen LogP contribution >= 0.6 is 0 Å². The van der Waals surface area contributed by atoms with Crippen LogP contribution in [0.1, 0.15) is 11.1 Å². The van der Waals surface area contributed by atoms with Crippen LogP contribution in [0.4, 0.5) is 0 Å². The number of nitrogens with zero attached hydrogens (tertiary/aromatic N) is 1. The Morgan fingerprint density at radius 3 is 2.35 bits per heavy atom. The number of allylic oxidation sites excluding steroid dienone is 2. The summed E-state index contributed by atoms with van der Waals surface area (Å²) in [5.41, 5.74) is 2.18. The van der Waals surface area contributed by atoms with Gasteiger partial charge in [0.2, 0.25) is 0 Å². The van der Waals surface area contributed by atoms with Gasteiger partial charge in [0.1, 0.15) is 29.0 Å². The van der Waals surface area contributed by atoms with Crippen LogP contribution in [0.2, 0.25) is 0 Å². The summed E-state index contributed by atoms with van der Waals surface area (Å²) in [5.74, 6) is 1.20. The fourth-order valence-electron chi connectivity index (χ4n) is 2.38. The molecule has 0 aromatic heterocycles. The Kier molecular flexibility index (Phi) is 7.14. The zero-order chi connectivity index (χ0) is 18.8. The number of benzene rings is 2. The minimum Gasteiger partial charge on any atom is -0.508 e. The Balaban J connectivity index is 2.05. The van der Waals surface area contributed by atoms with Crippen molar-refractivity contribution in [3.8, 4) is 17.6 Å². The second-order valence-corrected chi connectivity index (χ2v) is 5.55. The number of hydrogen-bond donors (Lipinski definition) is 2. The number of methoxy groups -OCH3 is 2. The molecule has 0 radical (unpaired) electrons. The largest absolute Gasteiger partial charge is 0.508 e. The van der Waals surface area contributed by atoms with E-state index in [1.807, 2.05) is 36.4 Å². The number of nitriles is 1. The molecule has 5 nitrogen and oxygen atoms in total. The third kappa shape index (κ3) is 5.91. The lowest BCUT2D eigenvalue weighted by Gasteiger charge is -2.07. The average molecular weight is 350 g/mol. The van der Waals surface area contributed by atoms with Gasteiger partial charge >= 0.3 is 0 Å². The van der Waals surface area contributed by atoms with E-state index in [4.69, 9.17) is 9.47 Å². The van der Waals surface area contributed by atoms with E-state index in [1.165, 1.54) is 11.6 Å². The Morgan fingerprint density at radius 2 is 1.77 bits per heavy atom. The van der Waals surface area contributed by atoms with Gasteiger partial charge in [-0.2, -0.15) is 5.26 Å². The maximum Gasteiger partial charge on any atom is 0.123 e. The molecular formula is C21H22N2O3. The molecule has 0 aliphatic rings. The van der Waals surface area contributed by atoms with Gasteiger partial charge in [-0.1, -0.05) is 30.3 Å². The third-order valence-electron chi connectivity index (χ3n) is 3.67. The monoisotopic (exact) mass is 350 g/mol. The predicted octanol–water partition coefficient (Wildman–Crippen LogP) is 3.84. The number of rotatable bonds is 8. The molecule has 2 rings (SSSR count). The highest BCUT2D eigenvalue weighted by Gasteiger charge is 2.02. The summed E-state index contributed by atoms with van der Waals surface area (Å²) >= 11 is 0. The molecule has 2 aromatic rings. The predicted molar refractivity (Wildman–Crippen MR) is 102 cm³/mol. The van der Waals surface area contributed by atoms with Crippen LogP contribution in [0, 0.1) is 11.3 Å². The summed E-state index contributed by atoms with van der Waals surface area (Å²) in [6.45, 7) is 0.601. The van der Waals surface area contributed by atoms with E-state index in [0.29, 0.717) is 29.3 Å². The average Bonchev–Trinajstić information content (AvgIpc) is 2.67. The van der Waals surface area contributed by atoms with Crippen LogP contribution < -0.4 is 14.8 Å². The Morgan fingerprint density at radius 1 is 1.12 bits per heavy atom. The van der Waals surface area contributed by atoms with Gasteiger partial charge in [0, 0.05) is 18.7 Å². The summed E-state index contributed by atoms with van der Waals surface area (Å²) in [6.07, 6.45) is 3.73. The van der Waals surface area contributed by atoms with Gasteiger partial charge in [0.05, 0.1) is 14.2 Å². The van der Waals surface area contributed by atoms with Crippen molar-refractivity contribution in [3.05, 3.63) is 77.2 Å². The fourth-order valence-corrected chi connectivity index (χ4v) is 2.38. The SMILES string of the molecule is COc1cc(C=C(O)C=C(C#N)NCCc2ccccc2)cc(OC)c1. The first kappa shape index (κ1) is 18.9. The zero-order valence-electron chi connectivity index (χ0n) is 14.9. The van der Waals surface area contributed by atoms with Crippen molar-refractivity contribution in [2.45, 2.75) is 6.42 Å². The van der Waals surface area contributed by atoms with E-state index in [0.717, 1.165) is 6.42 Å². The van der Waals surface area contributed by atoms with Crippen LogP contribution in [-0.2, 0) is 6.42 Å². The van der Waals surface area contributed by atoms with Gasteiger partial charge in [-0.3, -0.25) is 0 Å². The number of aliphatic hydroxyl groups excluding tert-OH is 1. The van der Waals surface area contributed by atoms with Crippen molar-refractivity contribution in [2.75, 3.05) is 20.8 Å². The topological polar surface area (TPSA) is 74.5 Å². The van der Waals surface area contributed by atoms with E-state index < -0.39 is 0 Å². The molecular weight excluding hydrogens is 328 g/mol. The van der Waals surface area contributed by atoms with E-state index in [-0.39, 0.29) is 5.76 Å². The quantitative estimate of drug-likeness (QED) is 0.430. The molecule has 0 atom stereocenters. The molecule has 0 aliphatic carbocycles. The summed E-state index contributed by atoms with van der Waals surface area (Å²) < 4.78 is 10.4. The first-order chi connectivity index (χ1) is 12.6. The van der Waals surface area contributed by atoms with Crippen molar-refractivity contribution < 1.29 is 14.6 Å². The smallest absolute Gasteiger partial charge is 0.123 e. The first-order valence-electron chi connectivity index (χ1n) is 8.18. The Labute approximate surface area is 153 Å². The lowest BCUT2D eigenvalue weighted by molar-refractivity contribution is 0.394. The molecule has 0 bridgehead atoms. The molecule has 0 unspecified atom stereocenters. The Hall–Kier alpha value is -3.39. The minimum absolute atomic E-state index is 0.0379. The summed E-state index contributed by atoms with van der Waals surface area (Å²) in [4.78, 5) is 0. The van der Waals surface area contributed by atoms with Gasteiger partial charge in [-0.05, 0) is 35.8 Å². The number of aliphatic hydroxyl groups is 1. The molecule has 5 heteroatoms. The van der Waals surface area contributed by atoms with Gasteiger partial charge in [-0.25, -0.2) is 0 Å². The maximum atomic E-state index is 10.2. The van der Waals surface area contributed by atoms with Gasteiger partial charge in [0.25, 0.3) is 0 Å². The molecule has 0 saturated carbocycles. The first-order valence-corrected chi connectivity index (χ1v) is 8.18. The minimum atomic E-state index is -0.0379. The second kappa shape index (κ2) is 9.80. The highest BCUT2D eigenvalue weighted by Crippen LogP contribution is 2.24. The van der Waals surface area contributed by atoms with Gasteiger partial charge < -0.3 is 19.9 Å². The Bertz CT molecular complexity index is 799. The molecule has 0 fully saturated rings. The number of nitrogens with one attached hydrogen (secondary N) is 1. The molecule has 26 heavy (non-hydrogen) atoms. The standard InChI is InChI=1S/C21H22N2O3/c1-25-20-11-17(12-21(14-20)26-2)10-19(24)13-18(15-22)23-9-8-16-6-4-3-5-7-16/h3-7,10-14,23-24H,8-9H2,1-2H3. The van der Waals surface area contributed by atoms with Crippen LogP contribution in [0.15, 0.2) is 66.1 Å². The third-order valence-corrected chi connectivity index (χ3v) is 3.67. The van der Waals surface area contributed by atoms with E-state index in [1.54, 1.807) is 38.5 Å². The lowest BCUT2D eigenvalue weighted by Crippen LogP contribution is -2.16. The summed E-state index contributed by atoms with van der Waals surface area (Å²) in [7, 11) is 3.12. The van der Waals surface area contributed by atoms with Crippen LogP contribution in [0.5, 0.6) is 11.5 Å². The molecule has 2 aromatic carbocycles. The molecule has 0 heterocycles. The fraction of sp³-hybridized carbons (Fsp3) is 0.190. The molecule has 2 N–H and O–H groups in total. The number of hydrogen-bond acceptors (Lipinski definition) is 5. The molecule has 0 amide bonds. The van der Waals surface area contributed by atoms with E-state index in [9.17, 15) is 10.4 Å². The normalized spacial score (nSPS) is 11.6.